The molecule has 0 bridgehead atoms. The molecule has 158 valence electrons. The molecule has 0 saturated heterocycles. The minimum atomic E-state index is -4.74. The van der Waals surface area contributed by atoms with Crippen LogP contribution in [0, 0.1) is 0 Å². The highest BCUT2D eigenvalue weighted by Gasteiger charge is 2.31. The highest BCUT2D eigenvalue weighted by molar-refractivity contribution is 5.92. The molecular formula is C21H21F3N4O2. The van der Waals surface area contributed by atoms with Crippen LogP contribution in [0.15, 0.2) is 55.0 Å². The van der Waals surface area contributed by atoms with E-state index in [1.807, 2.05) is 13.8 Å². The van der Waals surface area contributed by atoms with Crippen LogP contribution < -0.4 is 4.74 Å². The highest BCUT2D eigenvalue weighted by Crippen LogP contribution is 2.26. The first-order valence-corrected chi connectivity index (χ1v) is 9.23. The third-order valence-corrected chi connectivity index (χ3v) is 4.33. The van der Waals surface area contributed by atoms with Gasteiger partial charge in [0, 0.05) is 24.8 Å². The lowest BCUT2D eigenvalue weighted by Crippen LogP contribution is -2.36. The molecule has 0 fully saturated rings. The van der Waals surface area contributed by atoms with Crippen molar-refractivity contribution >= 4 is 5.91 Å². The molecule has 0 aliphatic rings. The molecule has 0 spiro atoms. The lowest BCUT2D eigenvalue weighted by atomic mass is 10.1. The number of benzene rings is 1. The number of ether oxygens (including phenoxy) is 1. The van der Waals surface area contributed by atoms with E-state index in [9.17, 15) is 18.0 Å². The molecule has 9 heteroatoms. The standard InChI is InChI=1S/C21H21F3N4O2/c1-14(2)28(20(29)19-12-27(3)13-25-19)11-16-5-4-6-18(26-16)15-7-9-17(10-8-15)30-21(22,23)24/h4-10,12-14H,11H2,1-3H3. The van der Waals surface area contributed by atoms with E-state index in [0.29, 0.717) is 22.6 Å². The zero-order valence-corrected chi connectivity index (χ0v) is 16.7. The summed E-state index contributed by atoms with van der Waals surface area (Å²) in [4.78, 5) is 23.2. The zero-order valence-electron chi connectivity index (χ0n) is 16.7. The lowest BCUT2D eigenvalue weighted by molar-refractivity contribution is -0.274. The fourth-order valence-electron chi connectivity index (χ4n) is 2.89. The second kappa shape index (κ2) is 8.56. The van der Waals surface area contributed by atoms with Crippen LogP contribution in [0.5, 0.6) is 5.75 Å². The number of carbonyl (C=O) groups is 1. The van der Waals surface area contributed by atoms with E-state index in [4.69, 9.17) is 0 Å². The van der Waals surface area contributed by atoms with Crippen LogP contribution in [0.4, 0.5) is 13.2 Å². The van der Waals surface area contributed by atoms with Crippen LogP contribution in [-0.2, 0) is 13.6 Å². The number of halogens is 3. The smallest absolute Gasteiger partial charge is 0.406 e. The SMILES string of the molecule is CC(C)N(Cc1cccc(-c2ccc(OC(F)(F)F)cc2)n1)C(=O)c1cn(C)cn1. The van der Waals surface area contributed by atoms with Crippen molar-refractivity contribution in [3.8, 4) is 17.0 Å². The normalized spacial score (nSPS) is 11.6. The van der Waals surface area contributed by atoms with E-state index >= 15 is 0 Å². The van der Waals surface area contributed by atoms with Gasteiger partial charge in [0.2, 0.25) is 0 Å². The highest BCUT2D eigenvalue weighted by atomic mass is 19.4. The minimum Gasteiger partial charge on any atom is -0.406 e. The number of hydrogen-bond acceptors (Lipinski definition) is 4. The quantitative estimate of drug-likeness (QED) is 0.594. The van der Waals surface area contributed by atoms with Crippen molar-refractivity contribution in [2.45, 2.75) is 32.8 Å². The van der Waals surface area contributed by atoms with Crippen LogP contribution in [0.25, 0.3) is 11.3 Å². The van der Waals surface area contributed by atoms with Gasteiger partial charge in [0.25, 0.3) is 5.91 Å². The Morgan fingerprint density at radius 1 is 1.17 bits per heavy atom. The number of alkyl halides is 3. The molecule has 3 aromatic rings. The number of nitrogens with zero attached hydrogens (tertiary/aromatic N) is 4. The van der Waals surface area contributed by atoms with Crippen LogP contribution >= 0.6 is 0 Å². The Kier molecular flexibility index (Phi) is 6.09. The van der Waals surface area contributed by atoms with Crippen molar-refractivity contribution < 1.29 is 22.7 Å². The van der Waals surface area contributed by atoms with E-state index in [-0.39, 0.29) is 24.2 Å². The molecular weight excluding hydrogens is 397 g/mol. The number of carbonyl (C=O) groups excluding carboxylic acids is 1. The Labute approximate surface area is 171 Å². The Balaban J connectivity index is 1.79. The summed E-state index contributed by atoms with van der Waals surface area (Å²) in [7, 11) is 1.79. The third kappa shape index (κ3) is 5.37. The summed E-state index contributed by atoms with van der Waals surface area (Å²) in [5.74, 6) is -0.499. The van der Waals surface area contributed by atoms with Gasteiger partial charge in [0.15, 0.2) is 0 Å². The largest absolute Gasteiger partial charge is 0.573 e. The van der Waals surface area contributed by atoms with Gasteiger partial charge in [0.1, 0.15) is 11.4 Å². The molecule has 2 heterocycles. The summed E-state index contributed by atoms with van der Waals surface area (Å²) in [6.45, 7) is 4.09. The molecule has 3 rings (SSSR count). The molecule has 0 radical (unpaired) electrons. The van der Waals surface area contributed by atoms with Gasteiger partial charge in [-0.2, -0.15) is 0 Å². The monoisotopic (exact) mass is 418 g/mol. The number of amides is 1. The summed E-state index contributed by atoms with van der Waals surface area (Å²) < 4.78 is 42.6. The van der Waals surface area contributed by atoms with E-state index < -0.39 is 6.36 Å². The number of hydrogen-bond donors (Lipinski definition) is 0. The lowest BCUT2D eigenvalue weighted by Gasteiger charge is -2.25. The van der Waals surface area contributed by atoms with Crippen molar-refractivity contribution in [2.24, 2.45) is 7.05 Å². The average Bonchev–Trinajstić information content (AvgIpc) is 3.11. The predicted molar refractivity (Wildman–Crippen MR) is 105 cm³/mol. The summed E-state index contributed by atoms with van der Waals surface area (Å²) >= 11 is 0. The molecule has 0 saturated carbocycles. The van der Waals surface area contributed by atoms with Gasteiger partial charge in [-0.3, -0.25) is 9.78 Å². The topological polar surface area (TPSA) is 60.2 Å². The second-order valence-electron chi connectivity index (χ2n) is 7.04. The molecule has 6 nitrogen and oxygen atoms in total. The fraction of sp³-hybridized carbons (Fsp3) is 0.286. The Bertz CT molecular complexity index is 1010. The van der Waals surface area contributed by atoms with Crippen molar-refractivity contribution in [3.05, 3.63) is 66.4 Å². The maximum atomic E-state index is 12.8. The molecule has 0 atom stereocenters. The first kappa shape index (κ1) is 21.4. The van der Waals surface area contributed by atoms with E-state index in [1.165, 1.54) is 24.3 Å². The fourth-order valence-corrected chi connectivity index (χ4v) is 2.89. The van der Waals surface area contributed by atoms with Crippen LogP contribution in [0.3, 0.4) is 0 Å². The molecule has 30 heavy (non-hydrogen) atoms. The average molecular weight is 418 g/mol. The van der Waals surface area contributed by atoms with Crippen molar-refractivity contribution in [2.75, 3.05) is 0 Å². The van der Waals surface area contributed by atoms with E-state index in [2.05, 4.69) is 14.7 Å². The molecule has 0 unspecified atom stereocenters. The van der Waals surface area contributed by atoms with Crippen molar-refractivity contribution in [1.82, 2.24) is 19.4 Å². The van der Waals surface area contributed by atoms with Gasteiger partial charge in [-0.25, -0.2) is 4.98 Å². The Morgan fingerprint density at radius 3 is 2.43 bits per heavy atom. The summed E-state index contributed by atoms with van der Waals surface area (Å²) in [6.07, 6.45) is -1.51. The molecule has 0 aliphatic carbocycles. The maximum absolute atomic E-state index is 12.8. The summed E-state index contributed by atoms with van der Waals surface area (Å²) in [6, 6.07) is 10.8. The van der Waals surface area contributed by atoms with Gasteiger partial charge < -0.3 is 14.2 Å². The zero-order chi connectivity index (χ0) is 21.9. The van der Waals surface area contributed by atoms with Crippen LogP contribution in [0.2, 0.25) is 0 Å². The Morgan fingerprint density at radius 2 is 1.87 bits per heavy atom. The Hall–Kier alpha value is -3.36. The van der Waals surface area contributed by atoms with Gasteiger partial charge in [-0.1, -0.05) is 6.07 Å². The van der Waals surface area contributed by atoms with Crippen molar-refractivity contribution in [1.29, 1.82) is 0 Å². The molecule has 1 amide bonds. The van der Waals surface area contributed by atoms with Gasteiger partial charge in [-0.15, -0.1) is 13.2 Å². The number of aromatic nitrogens is 3. The molecule has 0 aliphatic heterocycles. The van der Waals surface area contributed by atoms with Gasteiger partial charge in [-0.05, 0) is 50.2 Å². The van der Waals surface area contributed by atoms with E-state index in [0.717, 1.165) is 0 Å². The van der Waals surface area contributed by atoms with Gasteiger partial charge >= 0.3 is 6.36 Å². The summed E-state index contributed by atoms with van der Waals surface area (Å²) in [5, 5.41) is 0. The number of rotatable bonds is 6. The van der Waals surface area contributed by atoms with Crippen LogP contribution in [0.1, 0.15) is 30.0 Å². The van der Waals surface area contributed by atoms with Crippen molar-refractivity contribution in [3.63, 3.8) is 0 Å². The number of imidazole rings is 1. The summed E-state index contributed by atoms with van der Waals surface area (Å²) in [5.41, 5.74) is 2.22. The minimum absolute atomic E-state index is 0.0798. The predicted octanol–water partition coefficient (Wildman–Crippen LogP) is 4.43. The van der Waals surface area contributed by atoms with Gasteiger partial charge in [0.05, 0.1) is 24.3 Å². The first-order valence-electron chi connectivity index (χ1n) is 9.23. The molecule has 1 aromatic carbocycles. The van der Waals surface area contributed by atoms with Crippen LogP contribution in [-0.4, -0.2) is 37.7 Å². The third-order valence-electron chi connectivity index (χ3n) is 4.33. The number of aryl methyl sites for hydroxylation is 1. The maximum Gasteiger partial charge on any atom is 0.573 e. The second-order valence-corrected chi connectivity index (χ2v) is 7.04. The first-order chi connectivity index (χ1) is 14.1. The van der Waals surface area contributed by atoms with E-state index in [1.54, 1.807) is 47.2 Å². The molecule has 0 N–H and O–H groups in total. The number of pyridine rings is 1. The molecule has 2 aromatic heterocycles.